The molecular weight excluding hydrogens is 186 g/mol. The molecule has 7 heavy (non-hydrogen) atoms. The van der Waals surface area contributed by atoms with Crippen molar-refractivity contribution in [2.45, 2.75) is 0 Å². The number of hydrogen-bond donors (Lipinski definition) is 0. The van der Waals surface area contributed by atoms with Gasteiger partial charge in [0.15, 0.2) is 0 Å². The van der Waals surface area contributed by atoms with Crippen molar-refractivity contribution in [1.29, 1.82) is 0 Å². The molecule has 0 saturated heterocycles. The molecule has 0 aliphatic heterocycles. The minimum atomic E-state index is -2.63. The molecule has 0 saturated carbocycles. The second kappa shape index (κ2) is 7.91. The maximum atomic E-state index is 9.99. The minimum absolute atomic E-state index is 0. The van der Waals surface area contributed by atoms with Crippen molar-refractivity contribution in [2.75, 3.05) is 14.2 Å². The molecule has 0 aromatic carbocycles. The van der Waals surface area contributed by atoms with Crippen molar-refractivity contribution in [3.05, 3.63) is 0 Å². The van der Waals surface area contributed by atoms with E-state index in [0.29, 0.717) is 0 Å². The maximum absolute atomic E-state index is 9.99. The molecule has 0 aliphatic carbocycles. The van der Waals surface area contributed by atoms with E-state index in [9.17, 15) is 3.74 Å². The van der Waals surface area contributed by atoms with Crippen LogP contribution in [-0.4, -0.2) is 29.5 Å². The monoisotopic (exact) mass is 194 g/mol. The summed E-state index contributed by atoms with van der Waals surface area (Å²) in [6.07, 6.45) is 0. The molecule has 0 aromatic rings. The largest absolute Gasteiger partial charge is 1.00 e. The van der Waals surface area contributed by atoms with Crippen LogP contribution in [0.4, 0.5) is 0 Å². The van der Waals surface area contributed by atoms with Crippen LogP contribution in [0.5, 0.6) is 0 Å². The SMILES string of the molecule is CO[AsH](=O)OC.[H-].[K+]. The Morgan fingerprint density at radius 3 is 1.71 bits per heavy atom. The zero-order chi connectivity index (χ0) is 4.99. The quantitative estimate of drug-likeness (QED) is 0.429. The molecule has 0 rings (SSSR count). The van der Waals surface area contributed by atoms with Crippen LogP contribution in [0, 0.1) is 0 Å². The predicted octanol–water partition coefficient (Wildman–Crippen LogP) is -3.46. The summed E-state index contributed by atoms with van der Waals surface area (Å²) in [5.74, 6) is 0. The molecule has 0 atom stereocenters. The standard InChI is InChI=1S/C2H7AsO3.K.H/c1-5-3(4)6-2;;/h3H,1-2H3;;/q;+1;-1. The van der Waals surface area contributed by atoms with E-state index < -0.39 is 15.3 Å². The zero-order valence-electron chi connectivity index (χ0n) is 5.72. The van der Waals surface area contributed by atoms with Gasteiger partial charge in [-0.2, -0.15) is 0 Å². The Morgan fingerprint density at radius 1 is 1.43 bits per heavy atom. The van der Waals surface area contributed by atoms with E-state index in [1.54, 1.807) is 0 Å². The van der Waals surface area contributed by atoms with Crippen molar-refractivity contribution in [1.82, 2.24) is 0 Å². The van der Waals surface area contributed by atoms with Gasteiger partial charge in [0.1, 0.15) is 0 Å². The predicted molar refractivity (Wildman–Crippen MR) is 23.0 cm³/mol. The van der Waals surface area contributed by atoms with Gasteiger partial charge < -0.3 is 1.43 Å². The Hall–Kier alpha value is 1.91. The van der Waals surface area contributed by atoms with Crippen molar-refractivity contribution in [3.63, 3.8) is 0 Å². The van der Waals surface area contributed by atoms with Gasteiger partial charge in [0.05, 0.1) is 0 Å². The summed E-state index contributed by atoms with van der Waals surface area (Å²) in [7, 11) is 2.73. The second-order valence-electron chi connectivity index (χ2n) is 0.658. The molecule has 40 valence electrons. The van der Waals surface area contributed by atoms with Crippen LogP contribution in [0.25, 0.3) is 0 Å². The van der Waals surface area contributed by atoms with E-state index in [0.717, 1.165) is 0 Å². The molecule has 0 heterocycles. The van der Waals surface area contributed by atoms with E-state index in [1.807, 2.05) is 0 Å². The third kappa shape index (κ3) is 7.91. The summed E-state index contributed by atoms with van der Waals surface area (Å²) in [6, 6.07) is 0. The van der Waals surface area contributed by atoms with Crippen LogP contribution in [0.3, 0.4) is 0 Å². The summed E-state index contributed by atoms with van der Waals surface area (Å²) in [5.41, 5.74) is 0. The number of rotatable bonds is 2. The van der Waals surface area contributed by atoms with Crippen LogP contribution in [0.1, 0.15) is 1.43 Å². The van der Waals surface area contributed by atoms with Crippen molar-refractivity contribution in [3.8, 4) is 0 Å². The number of hydrogen-bond acceptors (Lipinski definition) is 3. The van der Waals surface area contributed by atoms with Crippen LogP contribution in [0.2, 0.25) is 0 Å². The van der Waals surface area contributed by atoms with E-state index in [1.165, 1.54) is 14.2 Å². The summed E-state index contributed by atoms with van der Waals surface area (Å²) < 4.78 is 18.6. The van der Waals surface area contributed by atoms with Crippen LogP contribution >= 0.6 is 0 Å². The van der Waals surface area contributed by atoms with Gasteiger partial charge in [-0.05, 0) is 0 Å². The third-order valence-corrected chi connectivity index (χ3v) is 1.73. The molecule has 0 aliphatic rings. The third-order valence-electron chi connectivity index (χ3n) is 0.333. The Labute approximate surface area is 91.8 Å². The fourth-order valence-electron chi connectivity index (χ4n) is 0.0833. The van der Waals surface area contributed by atoms with Gasteiger partial charge in [0, 0.05) is 0 Å². The maximum Gasteiger partial charge on any atom is 1.00 e. The van der Waals surface area contributed by atoms with E-state index in [4.69, 9.17) is 0 Å². The van der Waals surface area contributed by atoms with Crippen molar-refractivity contribution >= 4 is 15.3 Å². The van der Waals surface area contributed by atoms with Gasteiger partial charge in [-0.1, -0.05) is 0 Å². The molecule has 0 spiro atoms. The molecular formula is C2H8AsKO3. The fourth-order valence-corrected chi connectivity index (χ4v) is 0.433. The first kappa shape index (κ1) is 11.7. The minimum Gasteiger partial charge on any atom is -1.00 e. The van der Waals surface area contributed by atoms with Crippen LogP contribution in [-0.2, 0) is 11.2 Å². The Morgan fingerprint density at radius 2 is 1.71 bits per heavy atom. The molecule has 0 N–H and O–H groups in total. The van der Waals surface area contributed by atoms with Crippen LogP contribution in [0.15, 0.2) is 0 Å². The fraction of sp³-hybridized carbons (Fsp3) is 1.00. The molecule has 3 nitrogen and oxygen atoms in total. The van der Waals surface area contributed by atoms with Gasteiger partial charge in [-0.15, -0.1) is 0 Å². The summed E-state index contributed by atoms with van der Waals surface area (Å²) in [4.78, 5) is 0. The first-order chi connectivity index (χ1) is 2.81. The smallest absolute Gasteiger partial charge is 1.00 e. The molecule has 0 fully saturated rings. The molecule has 5 heteroatoms. The van der Waals surface area contributed by atoms with Gasteiger partial charge >= 0.3 is 92.1 Å². The van der Waals surface area contributed by atoms with E-state index in [-0.39, 0.29) is 52.8 Å². The summed E-state index contributed by atoms with van der Waals surface area (Å²) in [6.45, 7) is 0. The Kier molecular flexibility index (Phi) is 13.2. The van der Waals surface area contributed by atoms with E-state index in [2.05, 4.69) is 7.45 Å². The normalized spacial score (nSPS) is 8.43. The average molecular weight is 194 g/mol. The first-order valence-corrected chi connectivity index (χ1v) is 4.00. The molecule has 0 unspecified atom stereocenters. The van der Waals surface area contributed by atoms with Gasteiger partial charge in [-0.3, -0.25) is 0 Å². The topological polar surface area (TPSA) is 35.5 Å². The van der Waals surface area contributed by atoms with Gasteiger partial charge in [0.2, 0.25) is 0 Å². The van der Waals surface area contributed by atoms with Gasteiger partial charge in [0.25, 0.3) is 0 Å². The zero-order valence-corrected chi connectivity index (χ0v) is 9.95. The molecule has 0 aromatic heterocycles. The van der Waals surface area contributed by atoms with Crippen molar-refractivity contribution < 1.29 is 64.0 Å². The Bertz CT molecular complexity index is 55.2. The summed E-state index contributed by atoms with van der Waals surface area (Å²) >= 11 is -2.63. The summed E-state index contributed by atoms with van der Waals surface area (Å²) in [5, 5.41) is 0. The average Bonchev–Trinajstić information content (AvgIpc) is 1.65. The molecule has 0 radical (unpaired) electrons. The Balaban J connectivity index is -0.000000125. The van der Waals surface area contributed by atoms with Crippen LogP contribution < -0.4 is 51.4 Å². The molecule has 0 amide bonds. The first-order valence-electron chi connectivity index (χ1n) is 1.43. The van der Waals surface area contributed by atoms with Crippen molar-refractivity contribution in [2.24, 2.45) is 0 Å². The van der Waals surface area contributed by atoms with Gasteiger partial charge in [-0.25, -0.2) is 0 Å². The molecule has 0 bridgehead atoms. The second-order valence-corrected chi connectivity index (χ2v) is 3.42. The van der Waals surface area contributed by atoms with E-state index >= 15 is 0 Å².